The van der Waals surface area contributed by atoms with E-state index in [0.29, 0.717) is 51.1 Å². The Balaban J connectivity index is 1.87. The largest absolute Gasteiger partial charge is 0.490 e. The van der Waals surface area contributed by atoms with Gasteiger partial charge in [-0.25, -0.2) is 0 Å². The van der Waals surface area contributed by atoms with E-state index in [1.807, 2.05) is 0 Å². The van der Waals surface area contributed by atoms with Gasteiger partial charge in [0.1, 0.15) is 0 Å². The van der Waals surface area contributed by atoms with Gasteiger partial charge in [-0.1, -0.05) is 241 Å². The van der Waals surface area contributed by atoms with E-state index < -0.39 is 0 Å². The molecule has 436 valence electrons. The lowest BCUT2D eigenvalue weighted by atomic mass is 9.93. The molecule has 0 aliphatic heterocycles. The van der Waals surface area contributed by atoms with Crippen LogP contribution in [0.2, 0.25) is 0 Å². The molecule has 4 aromatic rings. The second-order valence-electron chi connectivity index (χ2n) is 22.4. The van der Waals surface area contributed by atoms with Crippen molar-refractivity contribution in [1.29, 1.82) is 0 Å². The fourth-order valence-corrected chi connectivity index (χ4v) is 10.5. The number of fused-ring (bicyclic) bond motifs is 6. The molecule has 0 heterocycles. The summed E-state index contributed by atoms with van der Waals surface area (Å²) in [5, 5.41) is 9.33. The minimum absolute atomic E-state index is 0.0893. The highest BCUT2D eigenvalue weighted by molar-refractivity contribution is 6.26. The zero-order chi connectivity index (χ0) is 54.8. The summed E-state index contributed by atoms with van der Waals surface area (Å²) < 4.78 is 40.5. The van der Waals surface area contributed by atoms with Crippen LogP contribution in [0.15, 0.2) is 36.4 Å². The van der Waals surface area contributed by atoms with Gasteiger partial charge in [-0.05, 0) is 107 Å². The normalized spacial score (nSPS) is 11.5. The zero-order valence-electron chi connectivity index (χ0n) is 50.4. The Morgan fingerprint density at radius 2 is 0.468 bits per heavy atom. The van der Waals surface area contributed by atoms with Crippen molar-refractivity contribution in [3.63, 3.8) is 0 Å². The smallest absolute Gasteiger partial charge is 0.257 e. The van der Waals surface area contributed by atoms with Crippen LogP contribution in [0.4, 0.5) is 0 Å². The fourth-order valence-electron chi connectivity index (χ4n) is 10.5. The van der Waals surface area contributed by atoms with E-state index >= 15 is 0 Å². The Bertz CT molecular complexity index is 2080. The van der Waals surface area contributed by atoms with Gasteiger partial charge >= 0.3 is 0 Å². The molecule has 0 spiro atoms. The van der Waals surface area contributed by atoms with Crippen LogP contribution >= 0.6 is 0 Å². The van der Waals surface area contributed by atoms with E-state index in [4.69, 9.17) is 28.4 Å². The quantitative estimate of drug-likeness (QED) is 0.0348. The molecule has 1 amide bonds. The molecular weight excluding hydrogens is 955 g/mol. The van der Waals surface area contributed by atoms with Gasteiger partial charge in [0.15, 0.2) is 41.1 Å². The summed E-state index contributed by atoms with van der Waals surface area (Å²) in [6.07, 6.45) is 44.5. The van der Waals surface area contributed by atoms with Crippen molar-refractivity contribution < 1.29 is 33.2 Å². The molecule has 0 aliphatic rings. The lowest BCUT2D eigenvalue weighted by molar-refractivity contribution is -0.123. The first-order valence-electron chi connectivity index (χ1n) is 32.6. The van der Waals surface area contributed by atoms with Gasteiger partial charge in [0.2, 0.25) is 0 Å². The molecule has 8 heteroatoms. The minimum atomic E-state index is -0.129. The third-order valence-electron chi connectivity index (χ3n) is 15.4. The highest BCUT2D eigenvalue weighted by Gasteiger charge is 2.21. The molecular formula is C69H113NO7. The molecule has 0 bridgehead atoms. The number of carbonyl (C=O) groups is 1. The second kappa shape index (κ2) is 42.8. The summed E-state index contributed by atoms with van der Waals surface area (Å²) >= 11 is 0. The first-order valence-corrected chi connectivity index (χ1v) is 32.6. The number of unbranched alkanes of at least 4 members (excludes halogenated alkanes) is 31. The zero-order valence-corrected chi connectivity index (χ0v) is 50.4. The van der Waals surface area contributed by atoms with Gasteiger partial charge in [0, 0.05) is 6.54 Å². The summed E-state index contributed by atoms with van der Waals surface area (Å²) in [6.45, 7) is 17.2. The van der Waals surface area contributed by atoms with Crippen LogP contribution in [0.25, 0.3) is 32.3 Å². The van der Waals surface area contributed by atoms with Gasteiger partial charge in [-0.3, -0.25) is 4.79 Å². The molecule has 0 aromatic heterocycles. The molecule has 0 unspecified atom stereocenters. The van der Waals surface area contributed by atoms with Gasteiger partial charge < -0.3 is 33.7 Å². The monoisotopic (exact) mass is 1070 g/mol. The van der Waals surface area contributed by atoms with Gasteiger partial charge in [0.25, 0.3) is 5.91 Å². The fraction of sp³-hybridized carbons (Fsp3) is 0.725. The van der Waals surface area contributed by atoms with E-state index in [9.17, 15) is 4.79 Å². The van der Waals surface area contributed by atoms with E-state index in [2.05, 4.69) is 83.3 Å². The number of amides is 1. The van der Waals surface area contributed by atoms with E-state index in [1.165, 1.54) is 161 Å². The molecule has 77 heavy (non-hydrogen) atoms. The van der Waals surface area contributed by atoms with Crippen molar-refractivity contribution in [3.8, 4) is 34.5 Å². The maximum absolute atomic E-state index is 13.2. The SMILES string of the molecule is CCCCCCCCCOc1cc2c3cc(OCCCCCCCCC)c(OCCCCCCCCC)cc3c3cc(OCC(=O)NCCCC)c(OCCCCCCCCC)cc3c2cc1OCCCCCCCCC. The summed E-state index contributed by atoms with van der Waals surface area (Å²) in [5.41, 5.74) is 0. The van der Waals surface area contributed by atoms with Crippen LogP contribution in [0.3, 0.4) is 0 Å². The lowest BCUT2D eigenvalue weighted by Gasteiger charge is -2.21. The summed E-state index contributed by atoms with van der Waals surface area (Å²) in [7, 11) is 0. The Labute approximate surface area is 470 Å². The third kappa shape index (κ3) is 26.2. The van der Waals surface area contributed by atoms with E-state index in [-0.39, 0.29) is 12.5 Å². The molecule has 4 rings (SSSR count). The van der Waals surface area contributed by atoms with Gasteiger partial charge in [-0.15, -0.1) is 0 Å². The standard InChI is InChI=1S/C69H113NO7/c1-7-13-19-24-29-34-39-45-72-63-50-57-58-51-64(73-46-40-35-30-25-20-14-8-2)66(75-48-42-37-32-27-22-16-10-4)53-60(58)62-55-68(77-56-69(71)70-44-18-12-6)67(76-49-43-38-33-28-23-17-11-5)54-61(62)59(57)52-65(63)74-47-41-36-31-26-21-15-9-3/h50-55H,7-49,56H2,1-6H3,(H,70,71). The number of ether oxygens (including phenoxy) is 6. The molecule has 0 saturated heterocycles. The average molecular weight is 1070 g/mol. The molecule has 1 N–H and O–H groups in total. The molecule has 4 aromatic carbocycles. The van der Waals surface area contributed by atoms with Crippen molar-refractivity contribution in [2.24, 2.45) is 0 Å². The van der Waals surface area contributed by atoms with Crippen LogP contribution in [0, 0.1) is 0 Å². The average Bonchev–Trinajstić information content (AvgIpc) is 3.45. The van der Waals surface area contributed by atoms with Crippen LogP contribution in [0.1, 0.15) is 279 Å². The van der Waals surface area contributed by atoms with Crippen molar-refractivity contribution in [1.82, 2.24) is 5.32 Å². The van der Waals surface area contributed by atoms with Gasteiger partial charge in [-0.2, -0.15) is 0 Å². The molecule has 0 aliphatic carbocycles. The van der Waals surface area contributed by atoms with Crippen molar-refractivity contribution in [3.05, 3.63) is 36.4 Å². The Morgan fingerprint density at radius 3 is 0.688 bits per heavy atom. The van der Waals surface area contributed by atoms with Crippen molar-refractivity contribution in [2.75, 3.05) is 46.2 Å². The van der Waals surface area contributed by atoms with E-state index in [1.54, 1.807) is 0 Å². The number of rotatable bonds is 51. The van der Waals surface area contributed by atoms with Gasteiger partial charge in [0.05, 0.1) is 33.0 Å². The van der Waals surface area contributed by atoms with Crippen LogP contribution in [-0.4, -0.2) is 52.1 Å². The van der Waals surface area contributed by atoms with E-state index in [0.717, 1.165) is 132 Å². The van der Waals surface area contributed by atoms with Crippen LogP contribution in [0.5, 0.6) is 34.5 Å². The highest BCUT2D eigenvalue weighted by atomic mass is 16.5. The predicted octanol–water partition coefficient (Wildman–Crippen LogP) is 21.1. The lowest BCUT2D eigenvalue weighted by Crippen LogP contribution is -2.29. The number of nitrogens with one attached hydrogen (secondary N) is 1. The Morgan fingerprint density at radius 1 is 0.273 bits per heavy atom. The number of hydrogen-bond acceptors (Lipinski definition) is 7. The summed E-state index contributed by atoms with van der Waals surface area (Å²) in [6, 6.07) is 13.2. The summed E-state index contributed by atoms with van der Waals surface area (Å²) in [5.74, 6) is 4.23. The molecule has 0 atom stereocenters. The number of hydrogen-bond donors (Lipinski definition) is 1. The van der Waals surface area contributed by atoms with Crippen molar-refractivity contribution in [2.45, 2.75) is 279 Å². The highest BCUT2D eigenvalue weighted by Crippen LogP contribution is 2.47. The first-order chi connectivity index (χ1) is 38.0. The third-order valence-corrected chi connectivity index (χ3v) is 15.4. The predicted molar refractivity (Wildman–Crippen MR) is 330 cm³/mol. The van der Waals surface area contributed by atoms with Crippen LogP contribution in [-0.2, 0) is 4.79 Å². The first kappa shape index (κ1) is 65.4. The Kier molecular flexibility index (Phi) is 36.4. The number of benzene rings is 4. The molecule has 0 saturated carbocycles. The topological polar surface area (TPSA) is 84.5 Å². The molecule has 0 radical (unpaired) electrons. The maximum atomic E-state index is 13.2. The Hall–Kier alpha value is -4.07. The number of carbonyl (C=O) groups excluding carboxylic acids is 1. The molecule has 8 nitrogen and oxygen atoms in total. The second-order valence-corrected chi connectivity index (χ2v) is 22.4. The maximum Gasteiger partial charge on any atom is 0.257 e. The summed E-state index contributed by atoms with van der Waals surface area (Å²) in [4.78, 5) is 13.2. The molecule has 0 fully saturated rings. The minimum Gasteiger partial charge on any atom is -0.490 e. The van der Waals surface area contributed by atoms with Crippen molar-refractivity contribution >= 4 is 38.2 Å². The van der Waals surface area contributed by atoms with Crippen LogP contribution < -0.4 is 33.7 Å².